The van der Waals surface area contributed by atoms with Gasteiger partial charge in [0.05, 0.1) is 7.11 Å². The molecule has 18 heavy (non-hydrogen) atoms. The number of ether oxygens (including phenoxy) is 1. The van der Waals surface area contributed by atoms with E-state index in [1.165, 1.54) is 37.7 Å². The van der Waals surface area contributed by atoms with Crippen molar-refractivity contribution in [2.75, 3.05) is 17.6 Å². The van der Waals surface area contributed by atoms with Crippen LogP contribution < -0.4 is 15.2 Å². The maximum atomic E-state index is 12.1. The molecule has 0 atom stereocenters. The molecule has 1 heterocycles. The van der Waals surface area contributed by atoms with Crippen LogP contribution in [0.15, 0.2) is 35.5 Å². The molecule has 4 N–H and O–H groups in total. The number of aromatic amines is 1. The number of aromatic nitrogens is 2. The van der Waals surface area contributed by atoms with Gasteiger partial charge < -0.3 is 15.5 Å². The molecule has 0 spiro atoms. The number of nitrogens with zero attached hydrogens (tertiary/aromatic N) is 1. The predicted octanol–water partition coefficient (Wildman–Crippen LogP) is 0.801. The summed E-state index contributed by atoms with van der Waals surface area (Å²) in [5.74, 6) is 0.308. The average molecular weight is 268 g/mol. The van der Waals surface area contributed by atoms with Crippen molar-refractivity contribution in [1.29, 1.82) is 0 Å². The van der Waals surface area contributed by atoms with E-state index in [4.69, 9.17) is 10.5 Å². The number of nitrogen functional groups attached to an aromatic ring is 1. The maximum Gasteiger partial charge on any atom is 0.267 e. The zero-order chi connectivity index (χ0) is 13.2. The van der Waals surface area contributed by atoms with Crippen molar-refractivity contribution >= 4 is 21.7 Å². The summed E-state index contributed by atoms with van der Waals surface area (Å²) in [6.07, 6.45) is 2.95. The molecular weight excluding hydrogens is 256 g/mol. The fraction of sp³-hybridized carbons (Fsp3) is 0.100. The molecule has 0 saturated heterocycles. The zero-order valence-corrected chi connectivity index (χ0v) is 10.4. The van der Waals surface area contributed by atoms with Gasteiger partial charge in [0, 0.05) is 24.1 Å². The molecule has 0 saturated carbocycles. The zero-order valence-electron chi connectivity index (χ0n) is 9.54. The minimum Gasteiger partial charge on any atom is -0.495 e. The van der Waals surface area contributed by atoms with Gasteiger partial charge >= 0.3 is 0 Å². The smallest absolute Gasteiger partial charge is 0.267 e. The van der Waals surface area contributed by atoms with Gasteiger partial charge in [-0.15, -0.1) is 0 Å². The van der Waals surface area contributed by atoms with Crippen LogP contribution in [0.3, 0.4) is 0 Å². The highest BCUT2D eigenvalue weighted by Gasteiger charge is 2.20. The Balaban J connectivity index is 2.41. The number of anilines is 2. The average Bonchev–Trinajstić information content (AvgIpc) is 2.80. The molecule has 0 amide bonds. The first-order valence-corrected chi connectivity index (χ1v) is 6.47. The lowest BCUT2D eigenvalue weighted by atomic mass is 10.3. The summed E-state index contributed by atoms with van der Waals surface area (Å²) >= 11 is 0. The van der Waals surface area contributed by atoms with Gasteiger partial charge in [0.1, 0.15) is 10.6 Å². The molecule has 0 aliphatic rings. The molecule has 1 aromatic carbocycles. The number of rotatable bonds is 4. The second-order valence-corrected chi connectivity index (χ2v) is 5.10. The summed E-state index contributed by atoms with van der Waals surface area (Å²) in [5.41, 5.74) is 5.99. The third-order valence-electron chi connectivity index (χ3n) is 2.21. The second-order valence-electron chi connectivity index (χ2n) is 3.45. The first-order chi connectivity index (χ1) is 8.53. The minimum atomic E-state index is -3.77. The summed E-state index contributed by atoms with van der Waals surface area (Å²) in [7, 11) is -2.39. The minimum absolute atomic E-state index is 0.00407. The number of hydrogen-bond donors (Lipinski definition) is 3. The molecule has 0 aliphatic heterocycles. The lowest BCUT2D eigenvalue weighted by Gasteiger charge is -2.10. The Morgan fingerprint density at radius 3 is 2.83 bits per heavy atom. The van der Waals surface area contributed by atoms with Crippen molar-refractivity contribution in [3.63, 3.8) is 0 Å². The van der Waals surface area contributed by atoms with Gasteiger partial charge in [0.2, 0.25) is 5.95 Å². The molecule has 0 bridgehead atoms. The maximum absolute atomic E-state index is 12.1. The summed E-state index contributed by atoms with van der Waals surface area (Å²) in [4.78, 5) is 6.43. The number of methoxy groups -OCH3 is 1. The monoisotopic (exact) mass is 268 g/mol. The van der Waals surface area contributed by atoms with Crippen molar-refractivity contribution in [3.8, 4) is 5.75 Å². The van der Waals surface area contributed by atoms with Crippen molar-refractivity contribution < 1.29 is 13.2 Å². The number of benzene rings is 1. The SMILES string of the molecule is COc1cc(N)ccc1S(=O)(=O)Nc1ncc[nH]1. The van der Waals surface area contributed by atoms with Crippen LogP contribution in [0.4, 0.5) is 11.6 Å². The molecule has 8 heteroatoms. The molecule has 0 unspecified atom stereocenters. The van der Waals surface area contributed by atoms with Crippen molar-refractivity contribution in [2.45, 2.75) is 4.90 Å². The third kappa shape index (κ3) is 2.38. The predicted molar refractivity (Wildman–Crippen MR) is 66.8 cm³/mol. The number of nitrogens with two attached hydrogens (primary N) is 1. The Morgan fingerprint density at radius 2 is 2.22 bits per heavy atom. The molecule has 2 aromatic rings. The third-order valence-corrected chi connectivity index (χ3v) is 3.58. The van der Waals surface area contributed by atoms with Crippen LogP contribution in [0.25, 0.3) is 0 Å². The highest BCUT2D eigenvalue weighted by molar-refractivity contribution is 7.92. The Morgan fingerprint density at radius 1 is 1.44 bits per heavy atom. The summed E-state index contributed by atoms with van der Waals surface area (Å²) in [6.45, 7) is 0. The topological polar surface area (TPSA) is 110 Å². The highest BCUT2D eigenvalue weighted by Crippen LogP contribution is 2.27. The number of imidazole rings is 1. The largest absolute Gasteiger partial charge is 0.495 e. The number of nitrogens with one attached hydrogen (secondary N) is 2. The quantitative estimate of drug-likeness (QED) is 0.710. The van der Waals surface area contributed by atoms with Crippen LogP contribution in [0.5, 0.6) is 5.75 Å². The highest BCUT2D eigenvalue weighted by atomic mass is 32.2. The summed E-state index contributed by atoms with van der Waals surface area (Å²) in [5, 5.41) is 0. The fourth-order valence-electron chi connectivity index (χ4n) is 1.41. The molecular formula is C10H12N4O3S. The van der Waals surface area contributed by atoms with E-state index in [9.17, 15) is 8.42 Å². The van der Waals surface area contributed by atoms with Crippen LogP contribution in [0.1, 0.15) is 0 Å². The van der Waals surface area contributed by atoms with E-state index in [1.807, 2.05) is 0 Å². The van der Waals surface area contributed by atoms with E-state index in [-0.39, 0.29) is 16.6 Å². The number of hydrogen-bond acceptors (Lipinski definition) is 5. The van der Waals surface area contributed by atoms with Gasteiger partial charge in [-0.05, 0) is 12.1 Å². The molecule has 96 valence electrons. The van der Waals surface area contributed by atoms with E-state index in [0.29, 0.717) is 5.69 Å². The number of H-pyrrole nitrogens is 1. The molecule has 0 radical (unpaired) electrons. The summed E-state index contributed by atoms with van der Waals surface area (Å²) < 4.78 is 31.5. The van der Waals surface area contributed by atoms with Gasteiger partial charge in [0.15, 0.2) is 0 Å². The van der Waals surface area contributed by atoms with E-state index in [0.717, 1.165) is 0 Å². The Kier molecular flexibility index (Phi) is 3.11. The van der Waals surface area contributed by atoms with E-state index >= 15 is 0 Å². The van der Waals surface area contributed by atoms with Crippen LogP contribution in [-0.4, -0.2) is 25.5 Å². The standard InChI is InChI=1S/C10H12N4O3S/c1-17-8-6-7(11)2-3-9(8)18(15,16)14-10-12-4-5-13-10/h2-6H,11H2,1H3,(H2,12,13,14). The lowest BCUT2D eigenvalue weighted by Crippen LogP contribution is -2.15. The number of sulfonamides is 1. The normalized spacial score (nSPS) is 11.2. The van der Waals surface area contributed by atoms with Crippen LogP contribution >= 0.6 is 0 Å². The van der Waals surface area contributed by atoms with Gasteiger partial charge in [0.25, 0.3) is 10.0 Å². The first kappa shape index (κ1) is 12.2. The Hall–Kier alpha value is -2.22. The molecule has 7 nitrogen and oxygen atoms in total. The van der Waals surface area contributed by atoms with Gasteiger partial charge in [-0.2, -0.15) is 0 Å². The van der Waals surface area contributed by atoms with Crippen molar-refractivity contribution in [2.24, 2.45) is 0 Å². The Labute approximate surface area is 104 Å². The van der Waals surface area contributed by atoms with Gasteiger partial charge in [-0.25, -0.2) is 18.1 Å². The Bertz CT molecular complexity index is 637. The van der Waals surface area contributed by atoms with E-state index in [1.54, 1.807) is 0 Å². The lowest BCUT2D eigenvalue weighted by molar-refractivity contribution is 0.403. The molecule has 0 fully saturated rings. The van der Waals surface area contributed by atoms with Crippen molar-refractivity contribution in [1.82, 2.24) is 9.97 Å². The van der Waals surface area contributed by atoms with Crippen molar-refractivity contribution in [3.05, 3.63) is 30.6 Å². The van der Waals surface area contributed by atoms with Crippen LogP contribution in [0, 0.1) is 0 Å². The first-order valence-electron chi connectivity index (χ1n) is 4.98. The van der Waals surface area contributed by atoms with E-state index < -0.39 is 10.0 Å². The van der Waals surface area contributed by atoms with E-state index in [2.05, 4.69) is 14.7 Å². The van der Waals surface area contributed by atoms with Gasteiger partial charge in [-0.1, -0.05) is 0 Å². The summed E-state index contributed by atoms with van der Waals surface area (Å²) in [6, 6.07) is 4.30. The molecule has 0 aliphatic carbocycles. The fourth-order valence-corrected chi connectivity index (χ4v) is 2.54. The molecule has 2 rings (SSSR count). The molecule has 1 aromatic heterocycles. The van der Waals surface area contributed by atoms with Gasteiger partial charge in [-0.3, -0.25) is 0 Å². The van der Waals surface area contributed by atoms with Crippen LogP contribution in [0.2, 0.25) is 0 Å². The van der Waals surface area contributed by atoms with Crippen LogP contribution in [-0.2, 0) is 10.0 Å². The second kappa shape index (κ2) is 4.57.